The van der Waals surface area contributed by atoms with Gasteiger partial charge in [0.2, 0.25) is 10.3 Å². The highest BCUT2D eigenvalue weighted by molar-refractivity contribution is 7.72. The van der Waals surface area contributed by atoms with Gasteiger partial charge in [-0.3, -0.25) is 4.90 Å². The fraction of sp³-hybridized carbons (Fsp3) is 0.560. The lowest BCUT2D eigenvalue weighted by Gasteiger charge is -2.39. The predicted octanol–water partition coefficient (Wildman–Crippen LogP) is 3.39. The molecule has 3 aromatic rings. The number of pyridine rings is 2. The van der Waals surface area contributed by atoms with E-state index in [1.54, 1.807) is 6.20 Å². The standard InChI is InChI=1S/C25H33N5O3S/c1-17(2)16-33-19-4-3-11-30(15-19)25(34(31)32)29-12-7-18(8-13-29)20-5-9-26-22-14-28-24-21(23(20)22)6-10-27-24/h5-6,9-10,14,17-19,26H,3-4,7-8,11-13,15-16H2,1-2H3. The number of hydrogen-bond acceptors (Lipinski definition) is 5. The summed E-state index contributed by atoms with van der Waals surface area (Å²) >= 11 is 0. The van der Waals surface area contributed by atoms with Crippen LogP contribution in [0.3, 0.4) is 0 Å². The molecule has 182 valence electrons. The Morgan fingerprint density at radius 1 is 1.15 bits per heavy atom. The van der Waals surface area contributed by atoms with E-state index in [1.807, 2.05) is 23.4 Å². The lowest BCUT2D eigenvalue weighted by molar-refractivity contribution is 0.00108. The fourth-order valence-corrected chi connectivity index (χ4v) is 6.16. The number of rotatable bonds is 4. The minimum atomic E-state index is -2.28. The minimum Gasteiger partial charge on any atom is -0.377 e. The Kier molecular flexibility index (Phi) is 6.96. The topological polar surface area (TPSA) is 91.4 Å². The highest BCUT2D eigenvalue weighted by Gasteiger charge is 2.32. The molecule has 0 aliphatic carbocycles. The van der Waals surface area contributed by atoms with Crippen LogP contribution in [0.5, 0.6) is 0 Å². The maximum atomic E-state index is 12.3. The Balaban J connectivity index is 1.33. The van der Waals surface area contributed by atoms with E-state index in [2.05, 4.69) is 39.8 Å². The second-order valence-electron chi connectivity index (χ2n) is 9.88. The molecule has 0 radical (unpaired) electrons. The largest absolute Gasteiger partial charge is 0.377 e. The van der Waals surface area contributed by atoms with E-state index in [4.69, 9.17) is 4.74 Å². The maximum absolute atomic E-state index is 12.3. The number of hydrogen-bond donors (Lipinski definition) is 1. The molecule has 1 atom stereocenters. The first-order valence-corrected chi connectivity index (χ1v) is 13.4. The first kappa shape index (κ1) is 23.4. The van der Waals surface area contributed by atoms with Crippen molar-refractivity contribution >= 4 is 37.3 Å². The molecule has 8 nitrogen and oxygen atoms in total. The van der Waals surface area contributed by atoms with Crippen molar-refractivity contribution in [3.05, 3.63) is 36.3 Å². The van der Waals surface area contributed by atoms with Crippen molar-refractivity contribution in [2.45, 2.75) is 51.6 Å². The van der Waals surface area contributed by atoms with Crippen LogP contribution < -0.4 is 0 Å². The molecule has 0 saturated carbocycles. The monoisotopic (exact) mass is 483 g/mol. The zero-order valence-electron chi connectivity index (χ0n) is 19.9. The van der Waals surface area contributed by atoms with Crippen LogP contribution in [-0.2, 0) is 15.0 Å². The summed E-state index contributed by atoms with van der Waals surface area (Å²) in [6.07, 6.45) is 9.46. The molecule has 9 heteroatoms. The molecule has 1 unspecified atom stereocenters. The van der Waals surface area contributed by atoms with Crippen LogP contribution in [0.15, 0.2) is 30.7 Å². The van der Waals surface area contributed by atoms with Crippen molar-refractivity contribution in [2.24, 2.45) is 5.92 Å². The molecule has 0 bridgehead atoms. The van der Waals surface area contributed by atoms with Crippen molar-refractivity contribution < 1.29 is 13.2 Å². The van der Waals surface area contributed by atoms with E-state index in [0.29, 0.717) is 30.1 Å². The average Bonchev–Trinajstić information content (AvgIpc) is 3.32. The molecule has 5 rings (SSSR count). The lowest BCUT2D eigenvalue weighted by atomic mass is 9.87. The highest BCUT2D eigenvalue weighted by atomic mass is 32.2. The summed E-state index contributed by atoms with van der Waals surface area (Å²) in [6, 6.07) is 4.19. The first-order chi connectivity index (χ1) is 16.5. The molecular formula is C25H33N5O3S. The van der Waals surface area contributed by atoms with E-state index in [1.165, 1.54) is 10.9 Å². The third kappa shape index (κ3) is 4.75. The second kappa shape index (κ2) is 10.1. The minimum absolute atomic E-state index is 0.0911. The molecule has 2 saturated heterocycles. The fourth-order valence-electron chi connectivity index (χ4n) is 5.39. The lowest BCUT2D eigenvalue weighted by Crippen LogP contribution is -2.52. The van der Waals surface area contributed by atoms with Crippen LogP contribution in [0.2, 0.25) is 0 Å². The van der Waals surface area contributed by atoms with E-state index < -0.39 is 10.3 Å². The normalized spacial score (nSPS) is 21.0. The van der Waals surface area contributed by atoms with Gasteiger partial charge in [0.25, 0.3) is 0 Å². The van der Waals surface area contributed by atoms with Crippen molar-refractivity contribution in [2.75, 3.05) is 32.8 Å². The molecule has 3 aromatic heterocycles. The Labute approximate surface area is 201 Å². The number of ether oxygens (including phenoxy) is 1. The molecule has 1 N–H and O–H groups in total. The summed E-state index contributed by atoms with van der Waals surface area (Å²) in [7, 11) is -2.28. The van der Waals surface area contributed by atoms with Gasteiger partial charge in [-0.25, -0.2) is 14.9 Å². The molecular weight excluding hydrogens is 450 g/mol. The van der Waals surface area contributed by atoms with Crippen molar-refractivity contribution in [1.29, 1.82) is 0 Å². The molecule has 2 fully saturated rings. The van der Waals surface area contributed by atoms with Crippen LogP contribution >= 0.6 is 0 Å². The number of fused-ring (bicyclic) bond motifs is 3. The second-order valence-corrected chi connectivity index (χ2v) is 10.7. The van der Waals surface area contributed by atoms with E-state index in [0.717, 1.165) is 61.9 Å². The van der Waals surface area contributed by atoms with Gasteiger partial charge in [-0.15, -0.1) is 0 Å². The quantitative estimate of drug-likeness (QED) is 0.569. The molecule has 2 aliphatic heterocycles. The van der Waals surface area contributed by atoms with E-state index >= 15 is 0 Å². The van der Waals surface area contributed by atoms with Crippen LogP contribution in [0.25, 0.3) is 21.9 Å². The Bertz CT molecular complexity index is 1290. The van der Waals surface area contributed by atoms with Crippen LogP contribution in [0.4, 0.5) is 0 Å². The number of H-pyrrole nitrogens is 1. The number of aromatic nitrogens is 3. The SMILES string of the molecule is CC(C)COC1CCCN(C(N2CCC(c3cc[nH]c4cnc5nccc5c34)CC2)=S(=O)=O)C1. The summed E-state index contributed by atoms with van der Waals surface area (Å²) in [5.74, 6) is 0.831. The van der Waals surface area contributed by atoms with Gasteiger partial charge in [0.15, 0.2) is 10.8 Å². The number of piperidine rings is 2. The van der Waals surface area contributed by atoms with Crippen molar-refractivity contribution in [3.8, 4) is 0 Å². The van der Waals surface area contributed by atoms with E-state index in [9.17, 15) is 8.42 Å². The summed E-state index contributed by atoms with van der Waals surface area (Å²) in [4.78, 5) is 16.2. The number of nitrogens with one attached hydrogen (secondary N) is 1. The Morgan fingerprint density at radius 3 is 2.74 bits per heavy atom. The zero-order chi connectivity index (χ0) is 23.7. The van der Waals surface area contributed by atoms with Crippen LogP contribution in [0.1, 0.15) is 51.0 Å². The zero-order valence-corrected chi connectivity index (χ0v) is 20.7. The average molecular weight is 484 g/mol. The smallest absolute Gasteiger partial charge is 0.244 e. The van der Waals surface area contributed by atoms with Crippen molar-refractivity contribution in [1.82, 2.24) is 24.8 Å². The van der Waals surface area contributed by atoms with Gasteiger partial charge in [-0.1, -0.05) is 13.8 Å². The van der Waals surface area contributed by atoms with Gasteiger partial charge in [-0.2, -0.15) is 8.42 Å². The molecule has 34 heavy (non-hydrogen) atoms. The molecule has 2 aliphatic rings. The number of nitrogens with zero attached hydrogens (tertiary/aromatic N) is 4. The maximum Gasteiger partial charge on any atom is 0.244 e. The molecule has 5 heterocycles. The molecule has 0 amide bonds. The van der Waals surface area contributed by atoms with Gasteiger partial charge in [0.1, 0.15) is 0 Å². The molecule has 0 spiro atoms. The first-order valence-electron chi connectivity index (χ1n) is 12.3. The van der Waals surface area contributed by atoms with Gasteiger partial charge in [-0.05, 0) is 55.2 Å². The van der Waals surface area contributed by atoms with E-state index in [-0.39, 0.29) is 6.10 Å². The third-order valence-corrected chi connectivity index (χ3v) is 7.81. The molecule has 0 aromatic carbocycles. The van der Waals surface area contributed by atoms with Gasteiger partial charge < -0.3 is 9.72 Å². The highest BCUT2D eigenvalue weighted by Crippen LogP contribution is 2.35. The number of aromatic amines is 1. The van der Waals surface area contributed by atoms with Crippen molar-refractivity contribution in [3.63, 3.8) is 0 Å². The van der Waals surface area contributed by atoms with Crippen LogP contribution in [-0.4, -0.2) is 77.2 Å². The Morgan fingerprint density at radius 2 is 1.97 bits per heavy atom. The summed E-state index contributed by atoms with van der Waals surface area (Å²) in [5.41, 5.74) is 3.07. The third-order valence-electron chi connectivity index (χ3n) is 6.99. The van der Waals surface area contributed by atoms with Gasteiger partial charge in [0.05, 0.1) is 17.8 Å². The number of likely N-dealkylation sites (tertiary alicyclic amines) is 2. The predicted molar refractivity (Wildman–Crippen MR) is 134 cm³/mol. The van der Waals surface area contributed by atoms with Crippen LogP contribution in [0, 0.1) is 5.92 Å². The van der Waals surface area contributed by atoms with Gasteiger partial charge >= 0.3 is 0 Å². The Hall–Kier alpha value is -2.33. The summed E-state index contributed by atoms with van der Waals surface area (Å²) < 4.78 is 30.7. The van der Waals surface area contributed by atoms with Gasteiger partial charge in [0, 0.05) is 56.0 Å². The summed E-state index contributed by atoms with van der Waals surface area (Å²) in [6.45, 7) is 7.83. The summed E-state index contributed by atoms with van der Waals surface area (Å²) in [5, 5.41) is 2.69.